The lowest BCUT2D eigenvalue weighted by Gasteiger charge is -2.24. The van der Waals surface area contributed by atoms with Crippen molar-refractivity contribution >= 4 is 21.9 Å². The van der Waals surface area contributed by atoms with E-state index in [0.717, 1.165) is 6.42 Å². The SMILES string of the molecule is C/C=C/CC(NC(=O)C1CCCN1S(=O)(=O)CCCC)C(=O)O. The molecule has 0 bridgehead atoms. The van der Waals surface area contributed by atoms with E-state index in [0.29, 0.717) is 25.8 Å². The summed E-state index contributed by atoms with van der Waals surface area (Å²) in [7, 11) is -3.48. The fourth-order valence-electron chi connectivity index (χ4n) is 2.54. The van der Waals surface area contributed by atoms with Crippen LogP contribution in [-0.4, -0.2) is 54.1 Å². The highest BCUT2D eigenvalue weighted by atomic mass is 32.2. The number of amides is 1. The first kappa shape index (κ1) is 19.6. The van der Waals surface area contributed by atoms with Crippen LogP contribution in [0.4, 0.5) is 0 Å². The van der Waals surface area contributed by atoms with Crippen LogP contribution >= 0.6 is 0 Å². The third kappa shape index (κ3) is 5.62. The van der Waals surface area contributed by atoms with Gasteiger partial charge in [0, 0.05) is 6.54 Å². The molecule has 8 heteroatoms. The molecule has 0 spiro atoms. The zero-order chi connectivity index (χ0) is 17.5. The van der Waals surface area contributed by atoms with Crippen molar-refractivity contribution < 1.29 is 23.1 Å². The smallest absolute Gasteiger partial charge is 0.326 e. The summed E-state index contributed by atoms with van der Waals surface area (Å²) < 4.78 is 25.9. The quantitative estimate of drug-likeness (QED) is 0.609. The third-order valence-electron chi connectivity index (χ3n) is 3.84. The van der Waals surface area contributed by atoms with E-state index < -0.39 is 34.0 Å². The van der Waals surface area contributed by atoms with E-state index in [1.165, 1.54) is 4.31 Å². The predicted octanol–water partition coefficient (Wildman–Crippen LogP) is 1.12. The van der Waals surface area contributed by atoms with Crippen molar-refractivity contribution in [3.05, 3.63) is 12.2 Å². The number of nitrogens with one attached hydrogen (secondary N) is 1. The Kier molecular flexibility index (Phi) is 7.70. The standard InChI is InChI=1S/C15H26N2O5S/c1-3-5-8-12(15(19)20)16-14(18)13-9-7-10-17(13)23(21,22)11-6-4-2/h3,5,12-13H,4,6-11H2,1-2H3,(H,16,18)(H,19,20)/b5-3+. The normalized spacial score (nSPS) is 20.7. The van der Waals surface area contributed by atoms with Crippen molar-refractivity contribution in [1.82, 2.24) is 9.62 Å². The van der Waals surface area contributed by atoms with E-state index in [-0.39, 0.29) is 12.2 Å². The lowest BCUT2D eigenvalue weighted by Crippen LogP contribution is -2.51. The monoisotopic (exact) mass is 346 g/mol. The largest absolute Gasteiger partial charge is 0.480 e. The molecule has 0 radical (unpaired) electrons. The minimum Gasteiger partial charge on any atom is -0.480 e. The van der Waals surface area contributed by atoms with Gasteiger partial charge in [0.25, 0.3) is 0 Å². The molecule has 2 unspecified atom stereocenters. The molecule has 1 rings (SSSR count). The van der Waals surface area contributed by atoms with Crippen molar-refractivity contribution in [3.8, 4) is 0 Å². The van der Waals surface area contributed by atoms with Crippen LogP contribution in [0.25, 0.3) is 0 Å². The Balaban J connectivity index is 2.78. The number of allylic oxidation sites excluding steroid dienone is 1. The molecule has 0 aromatic rings. The third-order valence-corrected chi connectivity index (χ3v) is 5.80. The van der Waals surface area contributed by atoms with Crippen LogP contribution in [-0.2, 0) is 19.6 Å². The second-order valence-electron chi connectivity index (χ2n) is 5.64. The molecule has 1 aliphatic rings. The number of carbonyl (C=O) groups excluding carboxylic acids is 1. The molecule has 132 valence electrons. The summed E-state index contributed by atoms with van der Waals surface area (Å²) in [4.78, 5) is 23.5. The minimum atomic E-state index is -3.48. The number of sulfonamides is 1. The Morgan fingerprint density at radius 1 is 1.43 bits per heavy atom. The van der Waals surface area contributed by atoms with Gasteiger partial charge in [-0.1, -0.05) is 25.5 Å². The van der Waals surface area contributed by atoms with E-state index >= 15 is 0 Å². The fourth-order valence-corrected chi connectivity index (χ4v) is 4.42. The molecule has 23 heavy (non-hydrogen) atoms. The van der Waals surface area contributed by atoms with Crippen LogP contribution in [0.1, 0.15) is 46.0 Å². The van der Waals surface area contributed by atoms with Crippen LogP contribution in [0, 0.1) is 0 Å². The number of hydrogen-bond donors (Lipinski definition) is 2. The molecular weight excluding hydrogens is 320 g/mol. The number of rotatable bonds is 9. The number of carboxylic acid groups (broad SMARTS) is 1. The first-order valence-electron chi connectivity index (χ1n) is 7.97. The molecule has 1 aliphatic heterocycles. The van der Waals surface area contributed by atoms with Crippen molar-refractivity contribution in [1.29, 1.82) is 0 Å². The van der Waals surface area contributed by atoms with Crippen LogP contribution in [0.2, 0.25) is 0 Å². The Hall–Kier alpha value is -1.41. The molecule has 0 aliphatic carbocycles. The topological polar surface area (TPSA) is 104 Å². The minimum absolute atomic E-state index is 0.0220. The molecule has 1 fully saturated rings. The summed E-state index contributed by atoms with van der Waals surface area (Å²) in [5, 5.41) is 11.6. The maximum absolute atomic E-state index is 12.3. The zero-order valence-corrected chi connectivity index (χ0v) is 14.5. The Bertz CT molecular complexity index is 544. The van der Waals surface area contributed by atoms with Gasteiger partial charge in [0.15, 0.2) is 0 Å². The average Bonchev–Trinajstić information content (AvgIpc) is 2.99. The van der Waals surface area contributed by atoms with Gasteiger partial charge in [-0.25, -0.2) is 13.2 Å². The molecule has 2 atom stereocenters. The van der Waals surface area contributed by atoms with E-state index in [2.05, 4.69) is 5.32 Å². The van der Waals surface area contributed by atoms with E-state index in [1.807, 2.05) is 6.92 Å². The number of aliphatic carboxylic acids is 1. The molecular formula is C15H26N2O5S. The van der Waals surface area contributed by atoms with Crippen molar-refractivity contribution in [2.45, 2.75) is 58.0 Å². The van der Waals surface area contributed by atoms with Crippen molar-refractivity contribution in [2.24, 2.45) is 0 Å². The van der Waals surface area contributed by atoms with Gasteiger partial charge >= 0.3 is 5.97 Å². The lowest BCUT2D eigenvalue weighted by molar-refractivity contribution is -0.142. The van der Waals surface area contributed by atoms with Crippen LogP contribution in [0.5, 0.6) is 0 Å². The Labute approximate surface area is 137 Å². The summed E-state index contributed by atoms with van der Waals surface area (Å²) in [6, 6.07) is -1.84. The average molecular weight is 346 g/mol. The highest BCUT2D eigenvalue weighted by Crippen LogP contribution is 2.22. The number of unbranched alkanes of at least 4 members (excludes halogenated alkanes) is 1. The van der Waals surface area contributed by atoms with E-state index in [1.54, 1.807) is 19.1 Å². The maximum Gasteiger partial charge on any atom is 0.326 e. The van der Waals surface area contributed by atoms with Gasteiger partial charge in [0.2, 0.25) is 15.9 Å². The number of nitrogens with zero attached hydrogens (tertiary/aromatic N) is 1. The lowest BCUT2D eigenvalue weighted by atomic mass is 10.1. The van der Waals surface area contributed by atoms with Gasteiger partial charge in [-0.3, -0.25) is 4.79 Å². The predicted molar refractivity (Wildman–Crippen MR) is 87.4 cm³/mol. The van der Waals surface area contributed by atoms with Gasteiger partial charge in [-0.15, -0.1) is 0 Å². The van der Waals surface area contributed by atoms with Crippen molar-refractivity contribution in [3.63, 3.8) is 0 Å². The highest BCUT2D eigenvalue weighted by molar-refractivity contribution is 7.89. The highest BCUT2D eigenvalue weighted by Gasteiger charge is 2.39. The molecule has 7 nitrogen and oxygen atoms in total. The van der Waals surface area contributed by atoms with Crippen molar-refractivity contribution in [2.75, 3.05) is 12.3 Å². The summed E-state index contributed by atoms with van der Waals surface area (Å²) in [6.45, 7) is 3.98. The first-order valence-corrected chi connectivity index (χ1v) is 9.58. The Morgan fingerprint density at radius 2 is 2.13 bits per heavy atom. The summed E-state index contributed by atoms with van der Waals surface area (Å²) in [5.74, 6) is -1.64. The van der Waals surface area contributed by atoms with Gasteiger partial charge in [-0.2, -0.15) is 4.31 Å². The van der Waals surface area contributed by atoms with Gasteiger partial charge in [-0.05, 0) is 32.6 Å². The molecule has 0 aromatic carbocycles. The molecule has 1 heterocycles. The fraction of sp³-hybridized carbons (Fsp3) is 0.733. The molecule has 0 aromatic heterocycles. The molecule has 1 saturated heterocycles. The van der Waals surface area contributed by atoms with Crippen LogP contribution in [0.15, 0.2) is 12.2 Å². The summed E-state index contributed by atoms with van der Waals surface area (Å²) in [6.07, 6.45) is 5.87. The second-order valence-corrected chi connectivity index (χ2v) is 7.68. The zero-order valence-electron chi connectivity index (χ0n) is 13.7. The number of carbonyl (C=O) groups is 2. The molecule has 1 amide bonds. The van der Waals surface area contributed by atoms with Gasteiger partial charge < -0.3 is 10.4 Å². The summed E-state index contributed by atoms with van der Waals surface area (Å²) in [5.41, 5.74) is 0. The maximum atomic E-state index is 12.3. The summed E-state index contributed by atoms with van der Waals surface area (Å²) >= 11 is 0. The number of carboxylic acids is 1. The molecule has 0 saturated carbocycles. The van der Waals surface area contributed by atoms with Gasteiger partial charge in [0.1, 0.15) is 12.1 Å². The van der Waals surface area contributed by atoms with Crippen LogP contribution in [0.3, 0.4) is 0 Å². The molecule has 2 N–H and O–H groups in total. The van der Waals surface area contributed by atoms with E-state index in [9.17, 15) is 18.0 Å². The van der Waals surface area contributed by atoms with E-state index in [4.69, 9.17) is 5.11 Å². The van der Waals surface area contributed by atoms with Crippen LogP contribution < -0.4 is 5.32 Å². The number of hydrogen-bond acceptors (Lipinski definition) is 4. The van der Waals surface area contributed by atoms with Gasteiger partial charge in [0.05, 0.1) is 5.75 Å². The second kappa shape index (κ2) is 9.02. The first-order chi connectivity index (χ1) is 10.8. The Morgan fingerprint density at radius 3 is 2.70 bits per heavy atom.